The van der Waals surface area contributed by atoms with Crippen molar-refractivity contribution < 1.29 is 33.6 Å². The van der Waals surface area contributed by atoms with Crippen LogP contribution in [0.1, 0.15) is 0 Å². The molecule has 0 amide bonds. The Morgan fingerprint density at radius 1 is 0.652 bits per heavy atom. The molecule has 0 saturated heterocycles. The van der Waals surface area contributed by atoms with Crippen molar-refractivity contribution in [2.24, 2.45) is 0 Å². The van der Waals surface area contributed by atoms with Crippen LogP contribution in [-0.2, 0) is 4.57 Å². The van der Waals surface area contributed by atoms with Crippen molar-refractivity contribution in [1.82, 2.24) is 0 Å². The first-order valence-electron chi connectivity index (χ1n) is 6.54. The summed E-state index contributed by atoms with van der Waals surface area (Å²) in [5, 5.41) is 0. The fourth-order valence-electron chi connectivity index (χ4n) is 0. The molecule has 0 spiro atoms. The molecular formula is C12H33O7PSi3. The average Bonchev–Trinajstić information content (AvgIpc) is 2.25. The minimum absolute atomic E-state index is 1.63. The van der Waals surface area contributed by atoms with Crippen LogP contribution in [0.25, 0.3) is 0 Å². The Kier molecular flexibility index (Phi) is 17.6. The van der Waals surface area contributed by atoms with E-state index in [1.807, 2.05) is 39.3 Å². The van der Waals surface area contributed by atoms with Crippen LogP contribution in [0.15, 0.2) is 36.8 Å². The molecule has 0 aromatic heterocycles. The normalized spacial score (nSPS) is 11.3. The standard InChI is InChI=1S/3C4H10OSi.H3O4P/c3*1-4-6(2,3)5;1-5(2,3)4/h3*4-5H,1H2,2-3H3;(H3,1,2,3,4). The van der Waals surface area contributed by atoms with Gasteiger partial charge in [-0.15, -0.1) is 19.7 Å². The number of hydrogen-bond donors (Lipinski definition) is 6. The largest absolute Gasteiger partial charge is 0.466 e. The van der Waals surface area contributed by atoms with E-state index in [9.17, 15) is 0 Å². The lowest BCUT2D eigenvalue weighted by atomic mass is 11.3. The molecule has 0 atom stereocenters. The van der Waals surface area contributed by atoms with Crippen molar-refractivity contribution in [2.45, 2.75) is 39.3 Å². The maximum Gasteiger partial charge on any atom is 0.466 e. The smallest absolute Gasteiger partial charge is 0.428 e. The Morgan fingerprint density at radius 3 is 0.696 bits per heavy atom. The van der Waals surface area contributed by atoms with Gasteiger partial charge in [0, 0.05) is 0 Å². The van der Waals surface area contributed by atoms with Crippen LogP contribution in [0.2, 0.25) is 39.3 Å². The third-order valence-corrected chi connectivity index (χ3v) is 4.50. The molecule has 0 bridgehead atoms. The van der Waals surface area contributed by atoms with Crippen molar-refractivity contribution in [1.29, 1.82) is 0 Å². The van der Waals surface area contributed by atoms with E-state index in [0.29, 0.717) is 0 Å². The summed E-state index contributed by atoms with van der Waals surface area (Å²) in [6.45, 7) is 21.2. The van der Waals surface area contributed by atoms with Gasteiger partial charge in [-0.05, 0) is 39.3 Å². The molecule has 0 heterocycles. The zero-order valence-corrected chi connectivity index (χ0v) is 18.8. The highest BCUT2D eigenvalue weighted by molar-refractivity contribution is 7.45. The predicted molar refractivity (Wildman–Crippen MR) is 104 cm³/mol. The fraction of sp³-hybridized carbons (Fsp3) is 0.500. The molecule has 0 saturated carbocycles. The van der Waals surface area contributed by atoms with Crippen LogP contribution in [0.4, 0.5) is 0 Å². The zero-order chi connectivity index (χ0) is 20.1. The van der Waals surface area contributed by atoms with Gasteiger partial charge in [0.05, 0.1) is 0 Å². The van der Waals surface area contributed by atoms with Crippen LogP contribution in [0.3, 0.4) is 0 Å². The van der Waals surface area contributed by atoms with Crippen LogP contribution >= 0.6 is 7.82 Å². The zero-order valence-electron chi connectivity index (χ0n) is 14.9. The lowest BCUT2D eigenvalue weighted by Crippen LogP contribution is -2.20. The number of phosphoric acid groups is 1. The van der Waals surface area contributed by atoms with Crippen LogP contribution in [0, 0.1) is 0 Å². The maximum atomic E-state index is 8.88. The van der Waals surface area contributed by atoms with Crippen LogP contribution in [-0.4, -0.2) is 54.0 Å². The molecule has 0 unspecified atom stereocenters. The van der Waals surface area contributed by atoms with E-state index in [0.717, 1.165) is 0 Å². The molecule has 0 aliphatic heterocycles. The fourth-order valence-corrected chi connectivity index (χ4v) is 0. The molecule has 0 aliphatic carbocycles. The van der Waals surface area contributed by atoms with Crippen molar-refractivity contribution in [3.05, 3.63) is 36.8 Å². The summed E-state index contributed by atoms with van der Waals surface area (Å²) in [6, 6.07) is 0. The maximum absolute atomic E-state index is 8.88. The first-order chi connectivity index (χ1) is 9.68. The third kappa shape index (κ3) is 110. The summed E-state index contributed by atoms with van der Waals surface area (Å²) in [4.78, 5) is 48.1. The van der Waals surface area contributed by atoms with Crippen LogP contribution in [0.5, 0.6) is 0 Å². The lowest BCUT2D eigenvalue weighted by molar-refractivity contribution is 0.275. The van der Waals surface area contributed by atoms with Gasteiger partial charge in [-0.3, -0.25) is 0 Å². The molecule has 7 nitrogen and oxygen atoms in total. The van der Waals surface area contributed by atoms with Gasteiger partial charge in [0.25, 0.3) is 0 Å². The average molecular weight is 405 g/mol. The van der Waals surface area contributed by atoms with Gasteiger partial charge in [0.15, 0.2) is 0 Å². The summed E-state index contributed by atoms with van der Waals surface area (Å²) in [5.41, 5.74) is 4.90. The van der Waals surface area contributed by atoms with E-state index in [4.69, 9.17) is 33.6 Å². The quantitative estimate of drug-likeness (QED) is 0.311. The highest BCUT2D eigenvalue weighted by Crippen LogP contribution is 2.25. The Bertz CT molecular complexity index is 325. The second kappa shape index (κ2) is 13.2. The Labute approximate surface area is 143 Å². The molecule has 6 N–H and O–H groups in total. The van der Waals surface area contributed by atoms with Crippen molar-refractivity contribution in [2.75, 3.05) is 0 Å². The van der Waals surface area contributed by atoms with Gasteiger partial charge in [0.2, 0.25) is 25.0 Å². The molecule has 23 heavy (non-hydrogen) atoms. The van der Waals surface area contributed by atoms with E-state index >= 15 is 0 Å². The van der Waals surface area contributed by atoms with Crippen molar-refractivity contribution in [3.8, 4) is 0 Å². The Balaban J connectivity index is -0.000000105. The van der Waals surface area contributed by atoms with E-state index in [1.54, 1.807) is 17.1 Å². The minimum atomic E-state index is -4.64. The first kappa shape index (κ1) is 30.7. The van der Waals surface area contributed by atoms with E-state index in [2.05, 4.69) is 19.7 Å². The molecule has 0 aromatic carbocycles. The van der Waals surface area contributed by atoms with Gasteiger partial charge >= 0.3 is 7.82 Å². The molecule has 0 radical (unpaired) electrons. The summed E-state index contributed by atoms with van der Waals surface area (Å²) >= 11 is 0. The number of hydrogen-bond acceptors (Lipinski definition) is 4. The van der Waals surface area contributed by atoms with Crippen molar-refractivity contribution >= 4 is 32.8 Å². The second-order valence-corrected chi connectivity index (χ2v) is 18.3. The highest BCUT2D eigenvalue weighted by Gasteiger charge is 2.08. The third-order valence-electron chi connectivity index (χ3n) is 1.50. The summed E-state index contributed by atoms with van der Waals surface area (Å²) in [6.07, 6.45) is 0. The van der Waals surface area contributed by atoms with E-state index in [1.165, 1.54) is 0 Å². The molecule has 0 aliphatic rings. The Hall–Kier alpha value is -0.139. The minimum Gasteiger partial charge on any atom is -0.428 e. The molecule has 11 heteroatoms. The van der Waals surface area contributed by atoms with Gasteiger partial charge < -0.3 is 29.1 Å². The summed E-state index contributed by atoms with van der Waals surface area (Å²) in [5.74, 6) is 0. The van der Waals surface area contributed by atoms with E-state index < -0.39 is 32.8 Å². The van der Waals surface area contributed by atoms with Gasteiger partial charge in [-0.2, -0.15) is 0 Å². The topological polar surface area (TPSA) is 138 Å². The van der Waals surface area contributed by atoms with Crippen molar-refractivity contribution in [3.63, 3.8) is 0 Å². The van der Waals surface area contributed by atoms with Crippen LogP contribution < -0.4 is 0 Å². The summed E-state index contributed by atoms with van der Waals surface area (Å²) < 4.78 is 8.88. The SMILES string of the molecule is C=C[Si](C)(C)O.C=C[Si](C)(C)O.C=C[Si](C)(C)O.O=P(O)(O)O. The molecule has 0 aromatic rings. The van der Waals surface area contributed by atoms with Gasteiger partial charge in [0.1, 0.15) is 0 Å². The monoisotopic (exact) mass is 404 g/mol. The predicted octanol–water partition coefficient (Wildman–Crippen LogP) is 1.80. The highest BCUT2D eigenvalue weighted by atomic mass is 31.2. The van der Waals surface area contributed by atoms with Gasteiger partial charge in [-0.25, -0.2) is 4.57 Å². The van der Waals surface area contributed by atoms with Gasteiger partial charge in [-0.1, -0.05) is 17.1 Å². The number of rotatable bonds is 3. The second-order valence-electron chi connectivity index (χ2n) is 6.09. The molecule has 0 rings (SSSR count). The first-order valence-corrected chi connectivity index (χ1v) is 17.2. The van der Waals surface area contributed by atoms with E-state index in [-0.39, 0.29) is 0 Å². The molecule has 0 fully saturated rings. The molecule has 140 valence electrons. The lowest BCUT2D eigenvalue weighted by Gasteiger charge is -2.02. The molecular weight excluding hydrogens is 371 g/mol. The summed E-state index contributed by atoms with van der Waals surface area (Å²) in [7, 11) is -10.2. The Morgan fingerprint density at radius 2 is 0.696 bits per heavy atom.